The van der Waals surface area contributed by atoms with Crippen LogP contribution in [0, 0.1) is 25.2 Å². The first-order chi connectivity index (χ1) is 16.4. The van der Waals surface area contributed by atoms with Gasteiger partial charge in [-0.3, -0.25) is 9.69 Å². The highest BCUT2D eigenvalue weighted by Gasteiger charge is 2.43. The summed E-state index contributed by atoms with van der Waals surface area (Å²) in [5.74, 6) is 0.0447. The van der Waals surface area contributed by atoms with Crippen LogP contribution in [0.5, 0.6) is 0 Å². The number of nitrogens with zero attached hydrogens (tertiary/aromatic N) is 2. The third-order valence-corrected chi connectivity index (χ3v) is 7.95. The van der Waals surface area contributed by atoms with Crippen molar-refractivity contribution in [2.75, 3.05) is 4.90 Å². The first kappa shape index (κ1) is 22.5. The van der Waals surface area contributed by atoms with Gasteiger partial charge in [0.2, 0.25) is 0 Å². The smallest absolute Gasteiger partial charge is 0.162 e. The van der Waals surface area contributed by atoms with Crippen LogP contribution in [0.3, 0.4) is 0 Å². The highest BCUT2D eigenvalue weighted by Crippen LogP contribution is 2.50. The topological polar surface area (TPSA) is 70.1 Å². The monoisotopic (exact) mass is 485 g/mol. The van der Waals surface area contributed by atoms with Crippen molar-refractivity contribution in [1.82, 2.24) is 0 Å². The van der Waals surface area contributed by atoms with Gasteiger partial charge in [0.1, 0.15) is 5.82 Å². The fraction of sp³-hybridized carbons (Fsp3) is 0.214. The number of carbonyl (C=O) groups excluding carboxylic acids is 1. The molecule has 1 aliphatic carbocycles. The van der Waals surface area contributed by atoms with Gasteiger partial charge in [0.25, 0.3) is 0 Å². The number of hydrogen-bond donors (Lipinski definition) is 1. The average molecular weight is 486 g/mol. The Labute approximate surface area is 208 Å². The van der Waals surface area contributed by atoms with E-state index in [2.05, 4.69) is 24.3 Å². The molecule has 2 heterocycles. The molecule has 1 aromatic heterocycles. The Hall–Kier alpha value is -3.33. The summed E-state index contributed by atoms with van der Waals surface area (Å²) in [5.41, 5.74) is 11.6. The van der Waals surface area contributed by atoms with Crippen molar-refractivity contribution in [3.05, 3.63) is 109 Å². The second-order valence-corrected chi connectivity index (χ2v) is 10.7. The molecule has 0 saturated heterocycles. The van der Waals surface area contributed by atoms with E-state index in [-0.39, 0.29) is 11.7 Å². The van der Waals surface area contributed by atoms with Gasteiger partial charge in [-0.15, -0.1) is 11.3 Å². The van der Waals surface area contributed by atoms with Crippen molar-refractivity contribution in [3.8, 4) is 6.07 Å². The lowest BCUT2D eigenvalue weighted by Gasteiger charge is -2.41. The summed E-state index contributed by atoms with van der Waals surface area (Å²) < 4.78 is 0. The third kappa shape index (κ3) is 3.73. The summed E-state index contributed by atoms with van der Waals surface area (Å²) in [6.07, 6.45) is 1.07. The minimum atomic E-state index is -0.447. The molecule has 2 atom stereocenters. The Morgan fingerprint density at radius 3 is 2.41 bits per heavy atom. The fourth-order valence-electron chi connectivity index (χ4n) is 5.22. The molecule has 0 saturated carbocycles. The molecule has 0 fully saturated rings. The number of anilines is 1. The van der Waals surface area contributed by atoms with E-state index in [0.717, 1.165) is 32.3 Å². The van der Waals surface area contributed by atoms with E-state index >= 15 is 0 Å². The van der Waals surface area contributed by atoms with Crippen molar-refractivity contribution >= 4 is 34.4 Å². The molecule has 2 aromatic carbocycles. The number of nitriles is 1. The Morgan fingerprint density at radius 2 is 1.79 bits per heavy atom. The van der Waals surface area contributed by atoms with Gasteiger partial charge in [-0.05, 0) is 67.6 Å². The molecule has 4 nitrogen and oxygen atoms in total. The van der Waals surface area contributed by atoms with Gasteiger partial charge in [-0.1, -0.05) is 41.9 Å². The fourth-order valence-corrected chi connectivity index (χ4v) is 6.31. The zero-order valence-electron chi connectivity index (χ0n) is 19.0. The molecule has 6 heteroatoms. The summed E-state index contributed by atoms with van der Waals surface area (Å²) in [7, 11) is 0. The normalized spacial score (nSPS) is 20.4. The highest BCUT2D eigenvalue weighted by molar-refractivity contribution is 7.12. The molecule has 1 aliphatic heterocycles. The molecule has 2 N–H and O–H groups in total. The number of allylic oxidation sites excluding steroid dienone is 3. The summed E-state index contributed by atoms with van der Waals surface area (Å²) >= 11 is 7.83. The van der Waals surface area contributed by atoms with Crippen molar-refractivity contribution < 1.29 is 4.79 Å². The molecule has 170 valence electrons. The van der Waals surface area contributed by atoms with Crippen molar-refractivity contribution in [2.45, 2.75) is 38.5 Å². The number of Topliss-reactive ketones (excluding diaryl/α,β-unsaturated/α-hetero) is 1. The standard InChI is InChI=1S/C28H24ClN3OS/c1-16-12-22(17(2)34-16)26-23(15-30)28(31)32(21-10-8-20(29)9-11-21)24-13-19(14-25(33)27(24)26)18-6-4-3-5-7-18/h3-12,19,26H,13-14,31H2,1-2H3/t19-,26+/m1/s1. The number of rotatable bonds is 3. The van der Waals surface area contributed by atoms with Crippen molar-refractivity contribution in [2.24, 2.45) is 5.73 Å². The van der Waals surface area contributed by atoms with E-state index in [0.29, 0.717) is 34.8 Å². The van der Waals surface area contributed by atoms with Gasteiger partial charge in [0.05, 0.1) is 17.6 Å². The molecule has 2 aliphatic rings. The van der Waals surface area contributed by atoms with Crippen LogP contribution in [0.4, 0.5) is 5.69 Å². The van der Waals surface area contributed by atoms with Gasteiger partial charge in [-0.25, -0.2) is 0 Å². The molecular formula is C28H24ClN3OS. The Balaban J connectivity index is 1.74. The predicted octanol–water partition coefficient (Wildman–Crippen LogP) is 6.72. The third-order valence-electron chi connectivity index (χ3n) is 6.71. The molecule has 0 bridgehead atoms. The molecule has 0 unspecified atom stereocenters. The molecule has 3 aromatic rings. The number of hydrogen-bond acceptors (Lipinski definition) is 5. The number of ketones is 1. The van der Waals surface area contributed by atoms with E-state index in [4.69, 9.17) is 17.3 Å². The van der Waals surface area contributed by atoms with E-state index < -0.39 is 5.92 Å². The second kappa shape index (κ2) is 8.79. The Bertz CT molecular complexity index is 1380. The maximum Gasteiger partial charge on any atom is 0.162 e. The van der Waals surface area contributed by atoms with Crippen LogP contribution < -0.4 is 10.6 Å². The number of halogens is 1. The first-order valence-electron chi connectivity index (χ1n) is 11.2. The van der Waals surface area contributed by atoms with Crippen LogP contribution in [0.1, 0.15) is 45.6 Å². The highest BCUT2D eigenvalue weighted by atomic mass is 35.5. The number of aryl methyl sites for hydroxylation is 2. The Morgan fingerprint density at radius 1 is 1.09 bits per heavy atom. The van der Waals surface area contributed by atoms with Crippen LogP contribution in [0.15, 0.2) is 83.3 Å². The van der Waals surface area contributed by atoms with Crippen molar-refractivity contribution in [3.63, 3.8) is 0 Å². The lowest BCUT2D eigenvalue weighted by molar-refractivity contribution is -0.116. The van der Waals surface area contributed by atoms with Gasteiger partial charge in [0, 0.05) is 38.2 Å². The summed E-state index contributed by atoms with van der Waals surface area (Å²) in [6.45, 7) is 4.09. The van der Waals surface area contributed by atoms with E-state index in [1.807, 2.05) is 49.1 Å². The molecule has 0 radical (unpaired) electrons. The first-order valence-corrected chi connectivity index (χ1v) is 12.4. The van der Waals surface area contributed by atoms with Crippen LogP contribution in [-0.2, 0) is 4.79 Å². The maximum absolute atomic E-state index is 13.8. The van der Waals surface area contributed by atoms with E-state index in [9.17, 15) is 10.1 Å². The minimum absolute atomic E-state index is 0.0460. The predicted molar refractivity (Wildman–Crippen MR) is 138 cm³/mol. The van der Waals surface area contributed by atoms with E-state index in [1.165, 1.54) is 0 Å². The van der Waals surface area contributed by atoms with Gasteiger partial charge in [-0.2, -0.15) is 5.26 Å². The zero-order valence-corrected chi connectivity index (χ0v) is 20.6. The van der Waals surface area contributed by atoms with Gasteiger partial charge in [0.15, 0.2) is 5.78 Å². The summed E-state index contributed by atoms with van der Waals surface area (Å²) in [5, 5.41) is 10.9. The number of nitrogens with two attached hydrogens (primary N) is 1. The number of thiophene rings is 1. The molecule has 5 rings (SSSR count). The SMILES string of the molecule is Cc1cc([C@H]2C(C#N)=C(N)N(c3ccc(Cl)cc3)C3=C2C(=O)C[C@H](c2ccccc2)C3)c(C)s1. The lowest BCUT2D eigenvalue weighted by Crippen LogP contribution is -2.40. The van der Waals surface area contributed by atoms with Gasteiger partial charge < -0.3 is 5.73 Å². The summed E-state index contributed by atoms with van der Waals surface area (Å²) in [4.78, 5) is 18.0. The molecule has 0 amide bonds. The maximum atomic E-state index is 13.8. The number of benzene rings is 2. The van der Waals surface area contributed by atoms with Crippen LogP contribution in [0.2, 0.25) is 5.02 Å². The van der Waals surface area contributed by atoms with Crippen LogP contribution in [-0.4, -0.2) is 5.78 Å². The lowest BCUT2D eigenvalue weighted by atomic mass is 9.72. The zero-order chi connectivity index (χ0) is 24.0. The van der Waals surface area contributed by atoms with Gasteiger partial charge >= 0.3 is 0 Å². The summed E-state index contributed by atoms with van der Waals surface area (Å²) in [6, 6.07) is 21.9. The van der Waals surface area contributed by atoms with Crippen LogP contribution in [0.25, 0.3) is 0 Å². The molecule has 0 spiro atoms. The average Bonchev–Trinajstić information content (AvgIpc) is 3.17. The quantitative estimate of drug-likeness (QED) is 0.447. The van der Waals surface area contributed by atoms with E-state index in [1.54, 1.807) is 23.5 Å². The Kier molecular flexibility index (Phi) is 5.81. The van der Waals surface area contributed by atoms with Crippen LogP contribution >= 0.6 is 22.9 Å². The molecule has 34 heavy (non-hydrogen) atoms. The number of carbonyl (C=O) groups is 1. The van der Waals surface area contributed by atoms with Crippen molar-refractivity contribution in [1.29, 1.82) is 5.26 Å². The molecular weight excluding hydrogens is 462 g/mol. The largest absolute Gasteiger partial charge is 0.384 e. The second-order valence-electron chi connectivity index (χ2n) is 8.82. The minimum Gasteiger partial charge on any atom is -0.384 e.